The molecular formula is C26H23FN4O. The van der Waals surface area contributed by atoms with Gasteiger partial charge in [-0.2, -0.15) is 0 Å². The first-order valence-corrected chi connectivity index (χ1v) is 10.7. The number of amides is 1. The summed E-state index contributed by atoms with van der Waals surface area (Å²) in [5, 5.41) is 2.29. The summed E-state index contributed by atoms with van der Waals surface area (Å²) in [7, 11) is 0. The Morgan fingerprint density at radius 2 is 1.62 bits per heavy atom. The molecule has 1 aromatic heterocycles. The van der Waals surface area contributed by atoms with Gasteiger partial charge in [0, 0.05) is 37.8 Å². The number of nitrogens with zero attached hydrogens (tertiary/aromatic N) is 4. The van der Waals surface area contributed by atoms with E-state index in [0.29, 0.717) is 32.6 Å². The van der Waals surface area contributed by atoms with E-state index >= 15 is 0 Å². The van der Waals surface area contributed by atoms with Crippen LogP contribution in [0.5, 0.6) is 0 Å². The zero-order valence-corrected chi connectivity index (χ0v) is 17.6. The fourth-order valence-corrected chi connectivity index (χ4v) is 4.20. The Morgan fingerprint density at radius 1 is 0.875 bits per heavy atom. The maximum Gasteiger partial charge on any atom is 0.227 e. The second kappa shape index (κ2) is 8.75. The topological polar surface area (TPSA) is 49.3 Å². The minimum Gasteiger partial charge on any atom is -0.353 e. The number of fused-ring (bicyclic) bond motifs is 1. The molecule has 1 fully saturated rings. The van der Waals surface area contributed by atoms with Crippen LogP contribution in [0.2, 0.25) is 0 Å². The number of carbonyl (C=O) groups excluding carboxylic acids is 1. The molecular weight excluding hydrogens is 403 g/mol. The quantitative estimate of drug-likeness (QED) is 0.488. The van der Waals surface area contributed by atoms with Crippen molar-refractivity contribution in [3.05, 3.63) is 90.5 Å². The van der Waals surface area contributed by atoms with E-state index in [1.807, 2.05) is 35.2 Å². The van der Waals surface area contributed by atoms with Crippen molar-refractivity contribution in [3.8, 4) is 11.3 Å². The number of carbonyl (C=O) groups is 1. The molecule has 0 aliphatic carbocycles. The molecule has 2 heterocycles. The summed E-state index contributed by atoms with van der Waals surface area (Å²) >= 11 is 0. The second-order valence-electron chi connectivity index (χ2n) is 7.95. The molecule has 6 heteroatoms. The minimum atomic E-state index is -0.271. The third-order valence-corrected chi connectivity index (χ3v) is 5.97. The van der Waals surface area contributed by atoms with Crippen LogP contribution in [0.25, 0.3) is 22.0 Å². The van der Waals surface area contributed by atoms with Gasteiger partial charge in [0.2, 0.25) is 5.91 Å². The molecule has 3 aromatic carbocycles. The smallest absolute Gasteiger partial charge is 0.227 e. The van der Waals surface area contributed by atoms with E-state index in [0.717, 1.165) is 33.4 Å². The van der Waals surface area contributed by atoms with Crippen LogP contribution in [0.3, 0.4) is 0 Å². The van der Waals surface area contributed by atoms with Gasteiger partial charge in [0.25, 0.3) is 0 Å². The van der Waals surface area contributed by atoms with Crippen molar-refractivity contribution < 1.29 is 9.18 Å². The van der Waals surface area contributed by atoms with E-state index in [4.69, 9.17) is 0 Å². The van der Waals surface area contributed by atoms with Crippen LogP contribution >= 0.6 is 0 Å². The lowest BCUT2D eigenvalue weighted by molar-refractivity contribution is -0.130. The van der Waals surface area contributed by atoms with Gasteiger partial charge in [0.15, 0.2) is 0 Å². The molecule has 32 heavy (non-hydrogen) atoms. The molecule has 1 amide bonds. The summed E-state index contributed by atoms with van der Waals surface area (Å²) in [6, 6.07) is 22.5. The maximum atomic E-state index is 13.2. The number of halogens is 1. The molecule has 0 radical (unpaired) electrons. The lowest BCUT2D eigenvalue weighted by Gasteiger charge is -2.35. The van der Waals surface area contributed by atoms with Crippen molar-refractivity contribution >= 4 is 22.5 Å². The van der Waals surface area contributed by atoms with Crippen molar-refractivity contribution in [1.82, 2.24) is 14.9 Å². The van der Waals surface area contributed by atoms with Gasteiger partial charge >= 0.3 is 0 Å². The first-order chi connectivity index (χ1) is 15.7. The van der Waals surface area contributed by atoms with E-state index in [9.17, 15) is 9.18 Å². The molecule has 0 bridgehead atoms. The van der Waals surface area contributed by atoms with Gasteiger partial charge in [0.05, 0.1) is 12.1 Å². The average molecular weight is 426 g/mol. The van der Waals surface area contributed by atoms with Crippen molar-refractivity contribution in [1.29, 1.82) is 0 Å². The highest BCUT2D eigenvalue weighted by atomic mass is 19.1. The van der Waals surface area contributed by atoms with E-state index in [1.54, 1.807) is 12.1 Å². The third-order valence-electron chi connectivity index (χ3n) is 5.97. The number of rotatable bonds is 4. The van der Waals surface area contributed by atoms with Gasteiger partial charge in [-0.3, -0.25) is 4.79 Å². The fraction of sp³-hybridized carbons (Fsp3) is 0.192. The highest BCUT2D eigenvalue weighted by molar-refractivity contribution is 5.90. The number of hydrogen-bond donors (Lipinski definition) is 0. The van der Waals surface area contributed by atoms with Gasteiger partial charge in [-0.05, 0) is 40.6 Å². The van der Waals surface area contributed by atoms with Crippen LogP contribution < -0.4 is 4.90 Å². The van der Waals surface area contributed by atoms with Crippen LogP contribution in [0.15, 0.2) is 79.1 Å². The molecule has 0 atom stereocenters. The Kier molecular flexibility index (Phi) is 5.50. The Balaban J connectivity index is 1.25. The maximum absolute atomic E-state index is 13.2. The largest absolute Gasteiger partial charge is 0.353 e. The molecule has 0 saturated carbocycles. The van der Waals surface area contributed by atoms with Gasteiger partial charge in [-0.15, -0.1) is 0 Å². The van der Waals surface area contributed by atoms with E-state index in [-0.39, 0.29) is 11.7 Å². The molecule has 4 aromatic rings. The molecule has 1 aliphatic heterocycles. The van der Waals surface area contributed by atoms with Gasteiger partial charge in [-0.25, -0.2) is 14.4 Å². The summed E-state index contributed by atoms with van der Waals surface area (Å²) < 4.78 is 13.2. The lowest BCUT2D eigenvalue weighted by Crippen LogP contribution is -2.49. The third kappa shape index (κ3) is 4.17. The molecule has 0 N–H and O–H groups in total. The zero-order chi connectivity index (χ0) is 21.9. The first-order valence-electron chi connectivity index (χ1n) is 10.7. The number of piperazine rings is 1. The first kappa shape index (κ1) is 20.1. The van der Waals surface area contributed by atoms with Gasteiger partial charge < -0.3 is 9.80 Å². The van der Waals surface area contributed by atoms with Crippen molar-refractivity contribution in [3.63, 3.8) is 0 Å². The summed E-state index contributed by atoms with van der Waals surface area (Å²) in [6.45, 7) is 2.72. The fourth-order valence-electron chi connectivity index (χ4n) is 4.20. The lowest BCUT2D eigenvalue weighted by atomic mass is 10.0. The predicted octanol–water partition coefficient (Wildman–Crippen LogP) is 4.33. The predicted molar refractivity (Wildman–Crippen MR) is 124 cm³/mol. The summed E-state index contributed by atoms with van der Waals surface area (Å²) in [5.74, 6) is 0.698. The monoisotopic (exact) mass is 426 g/mol. The average Bonchev–Trinajstić information content (AvgIpc) is 2.85. The normalized spacial score (nSPS) is 14.0. The van der Waals surface area contributed by atoms with Crippen molar-refractivity contribution in [2.45, 2.75) is 6.42 Å². The Bertz CT molecular complexity index is 1240. The van der Waals surface area contributed by atoms with Crippen molar-refractivity contribution in [2.24, 2.45) is 0 Å². The molecule has 0 unspecified atom stereocenters. The number of hydrogen-bond acceptors (Lipinski definition) is 4. The van der Waals surface area contributed by atoms with Gasteiger partial charge in [-0.1, -0.05) is 42.5 Å². The number of aromatic nitrogens is 2. The van der Waals surface area contributed by atoms with Crippen LogP contribution in [0.4, 0.5) is 10.2 Å². The van der Waals surface area contributed by atoms with Gasteiger partial charge in [0.1, 0.15) is 18.0 Å². The minimum absolute atomic E-state index is 0.149. The van der Waals surface area contributed by atoms with Crippen LogP contribution in [-0.2, 0) is 11.2 Å². The molecule has 160 valence electrons. The van der Waals surface area contributed by atoms with E-state index in [2.05, 4.69) is 33.1 Å². The van der Waals surface area contributed by atoms with Crippen molar-refractivity contribution in [2.75, 3.05) is 31.1 Å². The highest BCUT2D eigenvalue weighted by Gasteiger charge is 2.22. The van der Waals surface area contributed by atoms with E-state index < -0.39 is 0 Å². The number of anilines is 1. The SMILES string of the molecule is O=C(Cc1cccc2ccccc12)N1CCN(c2cc(-c3ccc(F)cc3)ncn2)CC1. The summed E-state index contributed by atoms with van der Waals surface area (Å²) in [6.07, 6.45) is 1.94. The molecule has 5 rings (SSSR count). The second-order valence-corrected chi connectivity index (χ2v) is 7.95. The molecule has 0 spiro atoms. The Morgan fingerprint density at radius 3 is 2.44 bits per heavy atom. The van der Waals surface area contributed by atoms with Crippen LogP contribution in [0.1, 0.15) is 5.56 Å². The van der Waals surface area contributed by atoms with Crippen LogP contribution in [-0.4, -0.2) is 47.0 Å². The highest BCUT2D eigenvalue weighted by Crippen LogP contribution is 2.23. The Labute approximate surface area is 186 Å². The summed E-state index contributed by atoms with van der Waals surface area (Å²) in [4.78, 5) is 25.8. The van der Waals surface area contributed by atoms with Crippen LogP contribution in [0, 0.1) is 5.82 Å². The van der Waals surface area contributed by atoms with E-state index in [1.165, 1.54) is 18.5 Å². The number of benzene rings is 3. The zero-order valence-electron chi connectivity index (χ0n) is 17.6. The molecule has 5 nitrogen and oxygen atoms in total. The molecule has 1 saturated heterocycles. The Hall–Kier alpha value is -3.80. The molecule has 1 aliphatic rings. The standard InChI is InChI=1S/C26H23FN4O/c27-22-10-8-20(9-11-22)24-17-25(29-18-28-24)30-12-14-31(15-13-30)26(32)16-21-6-3-5-19-4-1-2-7-23(19)21/h1-11,17-18H,12-16H2. The summed E-state index contributed by atoms with van der Waals surface area (Å²) in [5.41, 5.74) is 2.67.